The number of hydrogen-bond donors (Lipinski definition) is 3. The van der Waals surface area contributed by atoms with Crippen molar-refractivity contribution in [3.05, 3.63) is 84.6 Å². The van der Waals surface area contributed by atoms with E-state index in [9.17, 15) is 34.9 Å². The number of anilines is 1. The average Bonchev–Trinajstić information content (AvgIpc) is 2.99. The normalized spacial score (nSPS) is 12.6. The number of sulfone groups is 2. The number of aromatic hydroxyl groups is 1. The molecule has 0 aliphatic rings. The van der Waals surface area contributed by atoms with Crippen molar-refractivity contribution in [3.8, 4) is 11.5 Å². The minimum atomic E-state index is -4.89. The fourth-order valence-electron chi connectivity index (χ4n) is 3.88. The fourth-order valence-corrected chi connectivity index (χ4v) is 5.98. The molecule has 0 amide bonds. The van der Waals surface area contributed by atoms with Gasteiger partial charge in [-0.2, -0.15) is 13.5 Å². The number of fused-ring (bicyclic) bond motifs is 1. The maximum atomic E-state index is 12.2. The highest BCUT2D eigenvalue weighted by molar-refractivity contribution is 7.94. The number of nitrogens with zero attached hydrogens (tertiary/aromatic N) is 4. The molecule has 0 spiro atoms. The number of nitrogen functional groups attached to an aromatic ring is 1. The van der Waals surface area contributed by atoms with Crippen LogP contribution < -0.4 is 10.5 Å². The summed E-state index contributed by atoms with van der Waals surface area (Å²) < 4.78 is 87.8. The van der Waals surface area contributed by atoms with Gasteiger partial charge in [-0.3, -0.25) is 4.55 Å². The number of benzene rings is 4. The Balaban J connectivity index is 1.84. The number of azo groups is 2. The molecule has 17 heteroatoms. The molecule has 0 heterocycles. The van der Waals surface area contributed by atoms with Crippen LogP contribution in [0.25, 0.3) is 10.8 Å². The van der Waals surface area contributed by atoms with Crippen molar-refractivity contribution in [2.45, 2.75) is 14.7 Å². The molecule has 0 aliphatic heterocycles. The first-order valence-electron chi connectivity index (χ1n) is 12.0. The lowest BCUT2D eigenvalue weighted by atomic mass is 10.1. The van der Waals surface area contributed by atoms with E-state index in [0.717, 1.165) is 16.9 Å². The molecule has 0 fully saturated rings. The van der Waals surface area contributed by atoms with Gasteiger partial charge in [0.25, 0.3) is 10.1 Å². The van der Waals surface area contributed by atoms with E-state index in [1.165, 1.54) is 61.7 Å². The Morgan fingerprint density at radius 2 is 1.36 bits per heavy atom. The molecule has 0 unspecified atom stereocenters. The van der Waals surface area contributed by atoms with Gasteiger partial charge in [0.2, 0.25) is 0 Å². The number of ether oxygens (including phenoxy) is 1. The highest BCUT2D eigenvalue weighted by Gasteiger charge is 2.23. The molecule has 44 heavy (non-hydrogen) atoms. The summed E-state index contributed by atoms with van der Waals surface area (Å²) >= 11 is 0. The van der Waals surface area contributed by atoms with E-state index in [4.69, 9.17) is 10.5 Å². The van der Waals surface area contributed by atoms with Gasteiger partial charge in [-0.15, -0.1) is 15.3 Å². The molecule has 0 aromatic heterocycles. The fraction of sp³-hybridized carbons (Fsp3) is 0.0370. The lowest BCUT2D eigenvalue weighted by Gasteiger charge is -2.12. The minimum absolute atomic E-state index is 0.00557. The van der Waals surface area contributed by atoms with Gasteiger partial charge < -0.3 is 15.6 Å². The summed E-state index contributed by atoms with van der Waals surface area (Å²) in [5.74, 6) is -0.373. The van der Waals surface area contributed by atoms with E-state index >= 15 is 0 Å². The highest BCUT2D eigenvalue weighted by atomic mass is 32.2. The number of hydrogen-bond acceptors (Lipinski definition) is 13. The molecule has 0 saturated carbocycles. The molecule has 4 rings (SSSR count). The van der Waals surface area contributed by atoms with Crippen molar-refractivity contribution in [1.82, 2.24) is 0 Å². The number of methoxy groups -OCH3 is 1. The smallest absolute Gasteiger partial charge is 0.296 e. The van der Waals surface area contributed by atoms with Crippen LogP contribution in [-0.2, 0) is 29.8 Å². The lowest BCUT2D eigenvalue weighted by molar-refractivity contribution is 0.415. The van der Waals surface area contributed by atoms with Crippen molar-refractivity contribution in [2.24, 2.45) is 20.5 Å². The van der Waals surface area contributed by atoms with Gasteiger partial charge in [-0.05, 0) is 60.0 Å². The van der Waals surface area contributed by atoms with Crippen LogP contribution in [0, 0.1) is 0 Å². The predicted octanol–water partition coefficient (Wildman–Crippen LogP) is 6.05. The van der Waals surface area contributed by atoms with Gasteiger partial charge in [-0.25, -0.2) is 16.8 Å². The zero-order valence-electron chi connectivity index (χ0n) is 22.7. The average molecular weight is 658 g/mol. The van der Waals surface area contributed by atoms with Gasteiger partial charge in [0.1, 0.15) is 27.7 Å². The Labute approximate surface area is 252 Å². The number of phenols is 1. The monoisotopic (exact) mass is 657 g/mol. The molecular weight excluding hydrogens is 635 g/mol. The Hall–Kier alpha value is -4.97. The maximum Gasteiger partial charge on any atom is 0.296 e. The summed E-state index contributed by atoms with van der Waals surface area (Å²) in [4.78, 5) is -0.900. The first kappa shape index (κ1) is 32.0. The van der Waals surface area contributed by atoms with Gasteiger partial charge in [0.05, 0.1) is 33.7 Å². The lowest BCUT2D eigenvalue weighted by Crippen LogP contribution is -2.01. The quantitative estimate of drug-likeness (QED) is 0.102. The third-order valence-electron chi connectivity index (χ3n) is 6.13. The van der Waals surface area contributed by atoms with Crippen LogP contribution in [0.1, 0.15) is 0 Å². The Morgan fingerprint density at radius 1 is 0.773 bits per heavy atom. The van der Waals surface area contributed by atoms with Gasteiger partial charge in [0.15, 0.2) is 25.4 Å². The Bertz CT molecular complexity index is 2210. The second-order valence-corrected chi connectivity index (χ2v) is 14.0. The van der Waals surface area contributed by atoms with Crippen molar-refractivity contribution >= 4 is 69.0 Å². The van der Waals surface area contributed by atoms with Crippen molar-refractivity contribution in [1.29, 1.82) is 0 Å². The molecule has 0 bridgehead atoms. The molecule has 228 valence electrons. The molecular formula is C27H23N5O9S3. The van der Waals surface area contributed by atoms with Crippen molar-refractivity contribution < 1.29 is 39.6 Å². The van der Waals surface area contributed by atoms with Crippen LogP contribution >= 0.6 is 0 Å². The molecule has 0 saturated heterocycles. The molecule has 4 N–H and O–H groups in total. The number of phenolic OH excluding ortho intramolecular Hbond substituents is 1. The summed E-state index contributed by atoms with van der Waals surface area (Å²) in [7, 11) is -11.1. The zero-order chi connectivity index (χ0) is 32.4. The van der Waals surface area contributed by atoms with Crippen molar-refractivity contribution in [2.75, 3.05) is 12.8 Å². The summed E-state index contributed by atoms with van der Waals surface area (Å²) in [6.07, 6.45) is 0. The Kier molecular flexibility index (Phi) is 8.69. The standard InChI is InChI=1S/C27H23N5O9S3/c1-4-42(34,35)18-9-7-17(8-10-18)29-32-26-23(44(38,39)40)14-16-6-12-20(27(33)24(16)25(26)28)30-31-21-15-19(43(36,37)5-2)11-13-22(21)41-3/h4-15,33H,1-2,28H2,3H3,(H,38,39,40)/b31-30+,32-29+. The van der Waals surface area contributed by atoms with Crippen LogP contribution in [-0.4, -0.2) is 42.0 Å². The minimum Gasteiger partial charge on any atom is -0.505 e. The summed E-state index contributed by atoms with van der Waals surface area (Å²) in [6.45, 7) is 6.54. The van der Waals surface area contributed by atoms with E-state index in [0.29, 0.717) is 0 Å². The van der Waals surface area contributed by atoms with Crippen LogP contribution in [0.4, 0.5) is 28.4 Å². The van der Waals surface area contributed by atoms with Crippen LogP contribution in [0.3, 0.4) is 0 Å². The van der Waals surface area contributed by atoms with E-state index in [2.05, 4.69) is 33.6 Å². The summed E-state index contributed by atoms with van der Waals surface area (Å²) in [6, 6.07) is 12.6. The molecule has 0 radical (unpaired) electrons. The van der Waals surface area contributed by atoms with Gasteiger partial charge in [0, 0.05) is 10.8 Å². The van der Waals surface area contributed by atoms with Crippen LogP contribution in [0.15, 0.2) is 120 Å². The van der Waals surface area contributed by atoms with E-state index < -0.39 is 51.8 Å². The van der Waals surface area contributed by atoms with Gasteiger partial charge in [-0.1, -0.05) is 19.2 Å². The van der Waals surface area contributed by atoms with E-state index in [-0.39, 0.29) is 43.4 Å². The topological polar surface area (TPSA) is 228 Å². The van der Waals surface area contributed by atoms with Crippen LogP contribution in [0.2, 0.25) is 0 Å². The summed E-state index contributed by atoms with van der Waals surface area (Å²) in [5, 5.41) is 28.4. The summed E-state index contributed by atoms with van der Waals surface area (Å²) in [5.41, 5.74) is 5.29. The molecule has 0 atom stereocenters. The SMILES string of the molecule is C=CS(=O)(=O)c1ccc(/N=N/c2c(S(=O)(=O)O)cc3ccc(/N=N/c4cc(S(=O)(=O)C=C)ccc4OC)c(O)c3c2N)cc1. The zero-order valence-corrected chi connectivity index (χ0v) is 25.1. The highest BCUT2D eigenvalue weighted by Crippen LogP contribution is 2.46. The first-order valence-corrected chi connectivity index (χ1v) is 16.6. The first-order chi connectivity index (χ1) is 20.6. The number of rotatable bonds is 10. The molecule has 4 aromatic carbocycles. The van der Waals surface area contributed by atoms with Crippen molar-refractivity contribution in [3.63, 3.8) is 0 Å². The van der Waals surface area contributed by atoms with Gasteiger partial charge >= 0.3 is 0 Å². The second-order valence-electron chi connectivity index (χ2n) is 8.79. The van der Waals surface area contributed by atoms with E-state index in [1.54, 1.807) is 0 Å². The van der Waals surface area contributed by atoms with E-state index in [1.807, 2.05) is 0 Å². The molecule has 4 aromatic rings. The largest absolute Gasteiger partial charge is 0.505 e. The third-order valence-corrected chi connectivity index (χ3v) is 9.71. The second kappa shape index (κ2) is 12.0. The molecule has 0 aliphatic carbocycles. The third kappa shape index (κ3) is 6.35. The Morgan fingerprint density at radius 3 is 1.95 bits per heavy atom. The number of nitrogens with two attached hydrogens (primary N) is 1. The van der Waals surface area contributed by atoms with Crippen LogP contribution in [0.5, 0.6) is 11.5 Å². The predicted molar refractivity (Wildman–Crippen MR) is 162 cm³/mol. The molecule has 14 nitrogen and oxygen atoms in total. The maximum absolute atomic E-state index is 12.2.